The van der Waals surface area contributed by atoms with Gasteiger partial charge in [-0.25, -0.2) is 9.97 Å². The van der Waals surface area contributed by atoms with Crippen LogP contribution in [0, 0.1) is 0 Å². The molecule has 0 unspecified atom stereocenters. The van der Waals surface area contributed by atoms with Crippen molar-refractivity contribution in [1.29, 1.82) is 0 Å². The smallest absolute Gasteiger partial charge is 0.116 e. The minimum atomic E-state index is 1.13. The zero-order valence-electron chi connectivity index (χ0n) is 8.83. The zero-order valence-corrected chi connectivity index (χ0v) is 8.83. The van der Waals surface area contributed by atoms with Crippen LogP contribution in [0.3, 0.4) is 0 Å². The predicted molar refractivity (Wildman–Crippen MR) is 62.5 cm³/mol. The van der Waals surface area contributed by atoms with Gasteiger partial charge in [-0.15, -0.1) is 0 Å². The van der Waals surface area contributed by atoms with E-state index in [4.69, 9.17) is 0 Å². The molecule has 0 fully saturated rings. The van der Waals surface area contributed by atoms with E-state index in [9.17, 15) is 0 Å². The van der Waals surface area contributed by atoms with E-state index in [1.807, 2.05) is 12.4 Å². The van der Waals surface area contributed by atoms with Crippen molar-refractivity contribution in [2.24, 2.45) is 0 Å². The number of aromatic nitrogens is 3. The van der Waals surface area contributed by atoms with Gasteiger partial charge < -0.3 is 4.98 Å². The Morgan fingerprint density at radius 3 is 3.25 bits per heavy atom. The largest absolute Gasteiger partial charge is 0.361 e. The third kappa shape index (κ3) is 0.883. The van der Waals surface area contributed by atoms with Gasteiger partial charge in [-0.1, -0.05) is 0 Å². The first kappa shape index (κ1) is 8.28. The number of fused-ring (bicyclic) bond motifs is 3. The van der Waals surface area contributed by atoms with Crippen molar-refractivity contribution in [1.82, 2.24) is 15.0 Å². The van der Waals surface area contributed by atoms with Crippen LogP contribution in [-0.4, -0.2) is 15.0 Å². The first-order chi connectivity index (χ1) is 7.95. The molecule has 1 aromatic heterocycles. The van der Waals surface area contributed by atoms with E-state index in [2.05, 4.69) is 21.0 Å². The maximum atomic E-state index is 4.43. The molecular formula is C13H11N3. The third-order valence-electron chi connectivity index (χ3n) is 3.53. The second kappa shape index (κ2) is 2.82. The maximum Gasteiger partial charge on any atom is 0.116 e. The van der Waals surface area contributed by atoms with Gasteiger partial charge in [0.15, 0.2) is 0 Å². The Kier molecular flexibility index (Phi) is 1.46. The molecule has 2 aliphatic carbocycles. The first-order valence-electron chi connectivity index (χ1n) is 5.65. The van der Waals surface area contributed by atoms with E-state index in [0.717, 1.165) is 17.3 Å². The fourth-order valence-corrected chi connectivity index (χ4v) is 2.88. The van der Waals surface area contributed by atoms with Crippen LogP contribution in [0.4, 0.5) is 0 Å². The summed E-state index contributed by atoms with van der Waals surface area (Å²) in [5, 5.41) is 1.16. The molecule has 0 spiro atoms. The van der Waals surface area contributed by atoms with Gasteiger partial charge in [-0.05, 0) is 36.5 Å². The average Bonchev–Trinajstić information content (AvgIpc) is 2.68. The topological polar surface area (TPSA) is 41.6 Å². The molecule has 0 saturated carbocycles. The molecule has 1 aromatic rings. The lowest BCUT2D eigenvalue weighted by Crippen LogP contribution is -2.02. The molecule has 0 saturated heterocycles. The molecule has 0 bridgehead atoms. The fraction of sp³-hybridized carbons (Fsp3) is 0.231. The van der Waals surface area contributed by atoms with Crippen molar-refractivity contribution in [2.45, 2.75) is 19.3 Å². The molecule has 78 valence electrons. The van der Waals surface area contributed by atoms with Gasteiger partial charge in [0.2, 0.25) is 0 Å². The number of pyridine rings is 1. The number of H-pyrrole nitrogens is 1. The Labute approximate surface area is 92.9 Å². The van der Waals surface area contributed by atoms with Crippen LogP contribution in [-0.2, 0) is 12.8 Å². The van der Waals surface area contributed by atoms with Crippen LogP contribution in [0.15, 0.2) is 24.8 Å². The molecule has 0 aromatic carbocycles. The summed E-state index contributed by atoms with van der Waals surface area (Å²) < 4.78 is 0. The number of nitrogens with one attached hydrogen (secondary N) is 1. The summed E-state index contributed by atoms with van der Waals surface area (Å²) in [6, 6.07) is 2.19. The van der Waals surface area contributed by atoms with E-state index in [0.29, 0.717) is 0 Å². The van der Waals surface area contributed by atoms with E-state index < -0.39 is 0 Å². The molecule has 3 nitrogen and oxygen atoms in total. The number of nitrogens with zero attached hydrogens (tertiary/aromatic N) is 2. The minimum absolute atomic E-state index is 1.13. The van der Waals surface area contributed by atoms with Crippen molar-refractivity contribution in [3.63, 3.8) is 0 Å². The van der Waals surface area contributed by atoms with Gasteiger partial charge in [0, 0.05) is 23.3 Å². The summed E-state index contributed by atoms with van der Waals surface area (Å²) in [5.41, 5.74) is 6.60. The Morgan fingerprint density at radius 1 is 1.25 bits per heavy atom. The minimum Gasteiger partial charge on any atom is -0.361 e. The number of hydrogen-bond acceptors (Lipinski definition) is 2. The molecular weight excluding hydrogens is 198 g/mol. The summed E-state index contributed by atoms with van der Waals surface area (Å²) in [7, 11) is 0. The molecule has 0 amide bonds. The van der Waals surface area contributed by atoms with Crippen LogP contribution in [0.2, 0.25) is 0 Å². The standard InChI is InChI=1S/C13H11N3/c1-2-8-4-5-15-13-10-6-14-7-16-12(10)9(3-1)11(8)13/h4-7,15H,1-3H2. The lowest BCUT2D eigenvalue weighted by Gasteiger charge is -2.15. The van der Waals surface area contributed by atoms with E-state index in [1.54, 1.807) is 6.33 Å². The average molecular weight is 209 g/mol. The molecule has 1 N–H and O–H groups in total. The number of aromatic amines is 1. The highest BCUT2D eigenvalue weighted by Crippen LogP contribution is 2.41. The molecule has 0 atom stereocenters. The molecule has 4 rings (SSSR count). The van der Waals surface area contributed by atoms with Crippen LogP contribution in [0.25, 0.3) is 22.2 Å². The number of hydrogen-bond donors (Lipinski definition) is 1. The van der Waals surface area contributed by atoms with Gasteiger partial charge in [-0.3, -0.25) is 0 Å². The highest BCUT2D eigenvalue weighted by molar-refractivity contribution is 6.02. The Morgan fingerprint density at radius 2 is 2.25 bits per heavy atom. The molecule has 16 heavy (non-hydrogen) atoms. The Bertz CT molecular complexity index is 654. The highest BCUT2D eigenvalue weighted by Gasteiger charge is 2.24. The van der Waals surface area contributed by atoms with Crippen molar-refractivity contribution in [2.75, 3.05) is 0 Å². The third-order valence-corrected chi connectivity index (χ3v) is 3.53. The quantitative estimate of drug-likeness (QED) is 0.618. The second-order valence-electron chi connectivity index (χ2n) is 4.37. The Hall–Kier alpha value is -1.90. The second-order valence-corrected chi connectivity index (χ2v) is 4.37. The molecule has 1 aliphatic heterocycles. The normalized spacial score (nSPS) is 14.8. The number of aryl methyl sites for hydroxylation is 2. The van der Waals surface area contributed by atoms with Gasteiger partial charge in [0.25, 0.3) is 0 Å². The van der Waals surface area contributed by atoms with Crippen LogP contribution in [0.5, 0.6) is 0 Å². The van der Waals surface area contributed by atoms with Gasteiger partial charge >= 0.3 is 0 Å². The first-order valence-corrected chi connectivity index (χ1v) is 5.65. The Balaban J connectivity index is 2.29. The van der Waals surface area contributed by atoms with Crippen molar-refractivity contribution in [3.05, 3.63) is 35.9 Å². The van der Waals surface area contributed by atoms with E-state index in [1.165, 1.54) is 35.2 Å². The van der Waals surface area contributed by atoms with Crippen molar-refractivity contribution in [3.8, 4) is 11.3 Å². The van der Waals surface area contributed by atoms with Crippen molar-refractivity contribution >= 4 is 10.9 Å². The summed E-state index contributed by atoms with van der Waals surface area (Å²) in [6.07, 6.45) is 9.14. The summed E-state index contributed by atoms with van der Waals surface area (Å²) in [6.45, 7) is 0. The zero-order chi connectivity index (χ0) is 10.5. The maximum absolute atomic E-state index is 4.43. The SMILES string of the molecule is c1ncc2c3[nH]ccc4c-3c(c2n1)CCC4. The monoisotopic (exact) mass is 209 g/mol. The van der Waals surface area contributed by atoms with Gasteiger partial charge in [-0.2, -0.15) is 0 Å². The lowest BCUT2D eigenvalue weighted by molar-refractivity contribution is 0.799. The van der Waals surface area contributed by atoms with Crippen LogP contribution < -0.4 is 0 Å². The summed E-state index contributed by atoms with van der Waals surface area (Å²) in [4.78, 5) is 11.9. The molecule has 2 heterocycles. The molecule has 3 heteroatoms. The molecule has 3 aliphatic rings. The summed E-state index contributed by atoms with van der Waals surface area (Å²) >= 11 is 0. The molecule has 0 radical (unpaired) electrons. The predicted octanol–water partition coefficient (Wildman–Crippen LogP) is 2.55. The number of rotatable bonds is 0. The van der Waals surface area contributed by atoms with Gasteiger partial charge in [0.05, 0.1) is 11.2 Å². The summed E-state index contributed by atoms with van der Waals surface area (Å²) in [5.74, 6) is 0. The van der Waals surface area contributed by atoms with Crippen molar-refractivity contribution < 1.29 is 0 Å². The highest BCUT2D eigenvalue weighted by atomic mass is 14.8. The van der Waals surface area contributed by atoms with Crippen LogP contribution in [0.1, 0.15) is 17.5 Å². The van der Waals surface area contributed by atoms with Crippen LogP contribution >= 0.6 is 0 Å². The fourth-order valence-electron chi connectivity index (χ4n) is 2.88. The van der Waals surface area contributed by atoms with E-state index in [-0.39, 0.29) is 0 Å². The lowest BCUT2D eigenvalue weighted by atomic mass is 9.91. The van der Waals surface area contributed by atoms with E-state index >= 15 is 0 Å². The van der Waals surface area contributed by atoms with Gasteiger partial charge in [0.1, 0.15) is 6.33 Å².